The molecule has 0 radical (unpaired) electrons. The number of benzene rings is 2. The van der Waals surface area contributed by atoms with Gasteiger partial charge in [0.2, 0.25) is 5.91 Å². The van der Waals surface area contributed by atoms with Crippen LogP contribution in [0.5, 0.6) is 5.75 Å². The summed E-state index contributed by atoms with van der Waals surface area (Å²) in [6.45, 7) is 0. The number of hydrogen-bond acceptors (Lipinski definition) is 4. The molecule has 0 unspecified atom stereocenters. The number of rotatable bonds is 5. The van der Waals surface area contributed by atoms with Gasteiger partial charge in [0.15, 0.2) is 11.7 Å². The first-order valence-corrected chi connectivity index (χ1v) is 6.59. The Balaban J connectivity index is 2.18. The summed E-state index contributed by atoms with van der Waals surface area (Å²) in [5.74, 6) is -2.13. The predicted octanol–water partition coefficient (Wildman–Crippen LogP) is 2.66. The number of ether oxygens (including phenoxy) is 1. The van der Waals surface area contributed by atoms with Gasteiger partial charge in [-0.2, -0.15) is 5.26 Å². The van der Waals surface area contributed by atoms with Gasteiger partial charge in [0, 0.05) is 11.3 Å². The minimum absolute atomic E-state index is 0.258. The zero-order chi connectivity index (χ0) is 15.9. The van der Waals surface area contributed by atoms with E-state index in [1.54, 1.807) is 54.6 Å². The quantitative estimate of drug-likeness (QED) is 0.679. The number of anilines is 1. The molecule has 0 saturated carbocycles. The van der Waals surface area contributed by atoms with Gasteiger partial charge in [-0.3, -0.25) is 9.59 Å². The Hall–Kier alpha value is -3.13. The summed E-state index contributed by atoms with van der Waals surface area (Å²) in [5, 5.41) is 11.7. The highest BCUT2D eigenvalue weighted by molar-refractivity contribution is 6.15. The van der Waals surface area contributed by atoms with Crippen molar-refractivity contribution in [3.63, 3.8) is 0 Å². The summed E-state index contributed by atoms with van der Waals surface area (Å²) >= 11 is 0. The van der Waals surface area contributed by atoms with Crippen molar-refractivity contribution in [2.24, 2.45) is 5.92 Å². The standard InChI is InChI=1S/C17H14N2O3/c1-22-14-9-5-6-12(10-14)16(20)15(11-18)17(21)19-13-7-3-2-4-8-13/h2-10,15H,1H3,(H,19,21)/t15-/m1/s1. The van der Waals surface area contributed by atoms with E-state index in [4.69, 9.17) is 10.00 Å². The van der Waals surface area contributed by atoms with Gasteiger partial charge >= 0.3 is 0 Å². The monoisotopic (exact) mass is 294 g/mol. The fraction of sp³-hybridized carbons (Fsp3) is 0.118. The van der Waals surface area contributed by atoms with Gasteiger partial charge in [-0.05, 0) is 24.3 Å². The fourth-order valence-electron chi connectivity index (χ4n) is 1.92. The molecule has 5 nitrogen and oxygen atoms in total. The third kappa shape index (κ3) is 3.49. The number of nitrogens with zero attached hydrogens (tertiary/aromatic N) is 1. The number of hydrogen-bond donors (Lipinski definition) is 1. The SMILES string of the molecule is COc1cccc(C(=O)[C@@H](C#N)C(=O)Nc2ccccc2)c1. The van der Waals surface area contributed by atoms with Crippen LogP contribution in [0.3, 0.4) is 0 Å². The highest BCUT2D eigenvalue weighted by atomic mass is 16.5. The average molecular weight is 294 g/mol. The molecule has 1 amide bonds. The van der Waals surface area contributed by atoms with Crippen LogP contribution in [-0.2, 0) is 4.79 Å². The minimum Gasteiger partial charge on any atom is -0.497 e. The van der Waals surface area contributed by atoms with Crippen LogP contribution in [0.1, 0.15) is 10.4 Å². The summed E-state index contributed by atoms with van der Waals surface area (Å²) in [4.78, 5) is 24.5. The van der Waals surface area contributed by atoms with Crippen LogP contribution >= 0.6 is 0 Å². The molecular weight excluding hydrogens is 280 g/mol. The predicted molar refractivity (Wildman–Crippen MR) is 81.5 cm³/mol. The van der Waals surface area contributed by atoms with Crippen LogP contribution in [0.15, 0.2) is 54.6 Å². The first kappa shape index (κ1) is 15.3. The molecule has 0 aromatic heterocycles. The topological polar surface area (TPSA) is 79.2 Å². The molecule has 2 aromatic carbocycles. The summed E-state index contributed by atoms with van der Waals surface area (Å²) in [5.41, 5.74) is 0.792. The molecule has 0 aliphatic carbocycles. The molecule has 0 aliphatic rings. The second-order valence-corrected chi connectivity index (χ2v) is 4.51. The smallest absolute Gasteiger partial charge is 0.249 e. The lowest BCUT2D eigenvalue weighted by atomic mass is 9.98. The van der Waals surface area contributed by atoms with E-state index in [-0.39, 0.29) is 5.56 Å². The normalized spacial score (nSPS) is 11.1. The lowest BCUT2D eigenvalue weighted by Crippen LogP contribution is -2.28. The third-order valence-electron chi connectivity index (χ3n) is 3.05. The molecule has 0 aliphatic heterocycles. The number of Topliss-reactive ketones (excluding diaryl/α,β-unsaturated/α-hetero) is 1. The zero-order valence-corrected chi connectivity index (χ0v) is 11.9. The largest absolute Gasteiger partial charge is 0.497 e. The lowest BCUT2D eigenvalue weighted by molar-refractivity contribution is -0.117. The van der Waals surface area contributed by atoms with E-state index in [9.17, 15) is 9.59 Å². The van der Waals surface area contributed by atoms with E-state index in [0.29, 0.717) is 11.4 Å². The molecule has 110 valence electrons. The Morgan fingerprint density at radius 2 is 1.86 bits per heavy atom. The Morgan fingerprint density at radius 1 is 1.14 bits per heavy atom. The molecule has 1 atom stereocenters. The van der Waals surface area contributed by atoms with Crippen molar-refractivity contribution in [3.8, 4) is 11.8 Å². The van der Waals surface area contributed by atoms with E-state index in [1.165, 1.54) is 13.2 Å². The summed E-state index contributed by atoms with van der Waals surface area (Å²) < 4.78 is 5.04. The van der Waals surface area contributed by atoms with Crippen LogP contribution in [0, 0.1) is 17.2 Å². The Labute approximate surface area is 128 Å². The molecule has 22 heavy (non-hydrogen) atoms. The van der Waals surface area contributed by atoms with E-state index < -0.39 is 17.6 Å². The molecule has 2 aromatic rings. The average Bonchev–Trinajstić information content (AvgIpc) is 2.56. The number of carbonyl (C=O) groups excluding carboxylic acids is 2. The summed E-state index contributed by atoms with van der Waals surface area (Å²) in [7, 11) is 1.48. The van der Waals surface area contributed by atoms with Gasteiger partial charge in [-0.1, -0.05) is 30.3 Å². The first-order chi connectivity index (χ1) is 10.7. The first-order valence-electron chi connectivity index (χ1n) is 6.59. The Bertz CT molecular complexity index is 720. The van der Waals surface area contributed by atoms with Gasteiger partial charge in [0.05, 0.1) is 13.2 Å². The number of ketones is 1. The highest BCUT2D eigenvalue weighted by Gasteiger charge is 2.27. The second-order valence-electron chi connectivity index (χ2n) is 4.51. The maximum absolute atomic E-state index is 12.3. The molecule has 5 heteroatoms. The lowest BCUT2D eigenvalue weighted by Gasteiger charge is -2.10. The fourth-order valence-corrected chi connectivity index (χ4v) is 1.92. The molecule has 1 N–H and O–H groups in total. The molecule has 2 rings (SSSR count). The van der Waals surface area contributed by atoms with Gasteiger partial charge in [-0.25, -0.2) is 0 Å². The number of para-hydroxylation sites is 1. The van der Waals surface area contributed by atoms with Crippen molar-refractivity contribution in [1.82, 2.24) is 0 Å². The zero-order valence-electron chi connectivity index (χ0n) is 11.9. The summed E-state index contributed by atoms with van der Waals surface area (Å²) in [6.07, 6.45) is 0. The minimum atomic E-state index is -1.41. The number of nitrogens with one attached hydrogen (secondary N) is 1. The van der Waals surface area contributed by atoms with Crippen molar-refractivity contribution >= 4 is 17.4 Å². The van der Waals surface area contributed by atoms with Gasteiger partial charge in [0.25, 0.3) is 0 Å². The molecule has 0 bridgehead atoms. The van der Waals surface area contributed by atoms with E-state index in [0.717, 1.165) is 0 Å². The number of amides is 1. The second kappa shape index (κ2) is 7.04. The summed E-state index contributed by atoms with van der Waals surface area (Å²) in [6, 6.07) is 16.8. The van der Waals surface area contributed by atoms with E-state index in [1.807, 2.05) is 0 Å². The highest BCUT2D eigenvalue weighted by Crippen LogP contribution is 2.17. The van der Waals surface area contributed by atoms with Crippen molar-refractivity contribution in [3.05, 3.63) is 60.2 Å². The number of methoxy groups -OCH3 is 1. The van der Waals surface area contributed by atoms with E-state index >= 15 is 0 Å². The maximum atomic E-state index is 12.3. The van der Waals surface area contributed by atoms with E-state index in [2.05, 4.69) is 5.32 Å². The molecule has 0 spiro atoms. The van der Waals surface area contributed by atoms with Gasteiger partial charge in [-0.15, -0.1) is 0 Å². The molecule has 0 fully saturated rings. The third-order valence-corrected chi connectivity index (χ3v) is 3.05. The van der Waals surface area contributed by atoms with Crippen molar-refractivity contribution < 1.29 is 14.3 Å². The van der Waals surface area contributed by atoms with Crippen LogP contribution in [0.4, 0.5) is 5.69 Å². The van der Waals surface area contributed by atoms with Crippen LogP contribution in [0.2, 0.25) is 0 Å². The Morgan fingerprint density at radius 3 is 2.50 bits per heavy atom. The Kier molecular flexibility index (Phi) is 4.89. The molecular formula is C17H14N2O3. The maximum Gasteiger partial charge on any atom is 0.249 e. The van der Waals surface area contributed by atoms with Crippen molar-refractivity contribution in [1.29, 1.82) is 5.26 Å². The van der Waals surface area contributed by atoms with Crippen LogP contribution in [-0.4, -0.2) is 18.8 Å². The van der Waals surface area contributed by atoms with Gasteiger partial charge < -0.3 is 10.1 Å². The van der Waals surface area contributed by atoms with Gasteiger partial charge in [0.1, 0.15) is 5.75 Å². The molecule has 0 heterocycles. The number of carbonyl (C=O) groups is 2. The van der Waals surface area contributed by atoms with Crippen molar-refractivity contribution in [2.45, 2.75) is 0 Å². The van der Waals surface area contributed by atoms with Crippen LogP contribution in [0.25, 0.3) is 0 Å². The number of nitriles is 1. The van der Waals surface area contributed by atoms with Crippen molar-refractivity contribution in [2.75, 3.05) is 12.4 Å². The molecule has 0 saturated heterocycles. The van der Waals surface area contributed by atoms with Crippen LogP contribution < -0.4 is 10.1 Å².